The monoisotopic (exact) mass is 351 g/mol. The molecule has 0 amide bonds. The first-order valence-electron chi connectivity index (χ1n) is 8.42. The zero-order valence-electron chi connectivity index (χ0n) is 13.7. The molecular weight excluding hydrogens is 334 g/mol. The van der Waals surface area contributed by atoms with Crippen LogP contribution in [0.2, 0.25) is 5.02 Å². The summed E-state index contributed by atoms with van der Waals surface area (Å²) in [4.78, 5) is 11.5. The molecule has 1 aliphatic heterocycles. The van der Waals surface area contributed by atoms with Crippen molar-refractivity contribution in [3.8, 4) is 22.3 Å². The summed E-state index contributed by atoms with van der Waals surface area (Å²) in [6.07, 6.45) is 2.06. The Morgan fingerprint density at radius 2 is 1.68 bits per heavy atom. The summed E-state index contributed by atoms with van der Waals surface area (Å²) < 4.78 is 2.21. The lowest BCUT2D eigenvalue weighted by atomic mass is 9.93. The molecule has 4 heteroatoms. The van der Waals surface area contributed by atoms with Gasteiger partial charge in [-0.05, 0) is 36.1 Å². The van der Waals surface area contributed by atoms with Crippen molar-refractivity contribution in [2.24, 2.45) is 0 Å². The molecule has 1 aliphatic rings. The molecule has 3 aromatic rings. The first-order chi connectivity index (χ1) is 12.1. The molecule has 0 atom stereocenters. The molecule has 0 unspecified atom stereocenters. The van der Waals surface area contributed by atoms with E-state index in [2.05, 4.69) is 16.7 Å². The van der Waals surface area contributed by atoms with E-state index in [9.17, 15) is 9.90 Å². The van der Waals surface area contributed by atoms with Gasteiger partial charge in [0.1, 0.15) is 0 Å². The van der Waals surface area contributed by atoms with Crippen molar-refractivity contribution < 1.29 is 9.90 Å². The largest absolute Gasteiger partial charge is 0.481 e. The van der Waals surface area contributed by atoms with Crippen molar-refractivity contribution in [1.82, 2.24) is 4.57 Å². The van der Waals surface area contributed by atoms with Gasteiger partial charge in [0.15, 0.2) is 0 Å². The van der Waals surface area contributed by atoms with E-state index in [-0.39, 0.29) is 6.42 Å². The second kappa shape index (κ2) is 6.41. The number of halogens is 1. The van der Waals surface area contributed by atoms with Crippen LogP contribution in [-0.4, -0.2) is 15.6 Å². The van der Waals surface area contributed by atoms with Gasteiger partial charge in [0.2, 0.25) is 0 Å². The Labute approximate surface area is 151 Å². The lowest BCUT2D eigenvalue weighted by Crippen LogP contribution is -2.07. The summed E-state index contributed by atoms with van der Waals surface area (Å²) in [5.41, 5.74) is 6.47. The van der Waals surface area contributed by atoms with Crippen LogP contribution in [0.1, 0.15) is 17.8 Å². The van der Waals surface area contributed by atoms with Crippen LogP contribution in [0.3, 0.4) is 0 Å². The molecule has 0 saturated heterocycles. The van der Waals surface area contributed by atoms with E-state index in [1.807, 2.05) is 42.5 Å². The Kier molecular flexibility index (Phi) is 4.10. The Bertz CT molecular complexity index is 927. The van der Waals surface area contributed by atoms with Gasteiger partial charge in [-0.15, -0.1) is 0 Å². The smallest absolute Gasteiger partial charge is 0.309 e. The number of aliphatic carboxylic acids is 1. The fraction of sp³-hybridized carbons (Fsp3) is 0.190. The number of rotatable bonds is 4. The first kappa shape index (κ1) is 16.0. The van der Waals surface area contributed by atoms with Gasteiger partial charge in [0.25, 0.3) is 0 Å². The third-order valence-corrected chi connectivity index (χ3v) is 5.04. The summed E-state index contributed by atoms with van der Waals surface area (Å²) >= 11 is 6.06. The third kappa shape index (κ3) is 2.85. The Hall–Kier alpha value is -2.52. The number of nitrogens with zero attached hydrogens (tertiary/aromatic N) is 1. The number of aromatic nitrogens is 1. The maximum Gasteiger partial charge on any atom is 0.309 e. The van der Waals surface area contributed by atoms with E-state index in [1.165, 1.54) is 5.69 Å². The normalized spacial score (nSPS) is 13.0. The number of hydrogen-bond donors (Lipinski definition) is 1. The quantitative estimate of drug-likeness (QED) is 0.714. The third-order valence-electron chi connectivity index (χ3n) is 4.79. The molecule has 0 bridgehead atoms. The molecule has 2 aromatic carbocycles. The molecule has 1 N–H and O–H groups in total. The number of carbonyl (C=O) groups is 1. The van der Waals surface area contributed by atoms with Crippen LogP contribution < -0.4 is 0 Å². The molecule has 2 heterocycles. The second-order valence-corrected chi connectivity index (χ2v) is 6.78. The number of carboxylic acids is 1. The van der Waals surface area contributed by atoms with Gasteiger partial charge in [-0.1, -0.05) is 54.1 Å². The van der Waals surface area contributed by atoms with E-state index in [0.29, 0.717) is 5.02 Å². The summed E-state index contributed by atoms with van der Waals surface area (Å²) in [6, 6.07) is 17.9. The van der Waals surface area contributed by atoms with E-state index in [1.54, 1.807) is 0 Å². The minimum Gasteiger partial charge on any atom is -0.481 e. The standard InChI is InChI=1S/C21H18ClNO2/c22-16-10-8-15(9-11-16)20-17-7-4-12-23(17)18(13-19(24)25)21(20)14-5-2-1-3-6-14/h1-3,5-6,8-11H,4,7,12-13H2,(H,24,25). The molecule has 126 valence electrons. The predicted octanol–water partition coefficient (Wildman–Crippen LogP) is 5.05. The summed E-state index contributed by atoms with van der Waals surface area (Å²) in [5, 5.41) is 10.2. The van der Waals surface area contributed by atoms with Crippen LogP contribution in [-0.2, 0) is 24.2 Å². The summed E-state index contributed by atoms with van der Waals surface area (Å²) in [5.74, 6) is -0.799. The maximum atomic E-state index is 11.5. The van der Waals surface area contributed by atoms with E-state index in [0.717, 1.165) is 47.3 Å². The number of benzene rings is 2. The van der Waals surface area contributed by atoms with Gasteiger partial charge in [-0.25, -0.2) is 0 Å². The average molecular weight is 352 g/mol. The molecule has 3 nitrogen and oxygen atoms in total. The Morgan fingerprint density at radius 3 is 2.36 bits per heavy atom. The SMILES string of the molecule is O=C(O)Cc1c(-c2ccccc2)c(-c2ccc(Cl)cc2)c2n1CCC2. The Morgan fingerprint density at radius 1 is 1.00 bits per heavy atom. The van der Waals surface area contributed by atoms with Gasteiger partial charge in [0, 0.05) is 34.1 Å². The van der Waals surface area contributed by atoms with Crippen molar-refractivity contribution in [1.29, 1.82) is 0 Å². The van der Waals surface area contributed by atoms with Gasteiger partial charge < -0.3 is 9.67 Å². The topological polar surface area (TPSA) is 42.2 Å². The van der Waals surface area contributed by atoms with Gasteiger partial charge in [-0.2, -0.15) is 0 Å². The van der Waals surface area contributed by atoms with Crippen molar-refractivity contribution >= 4 is 17.6 Å². The van der Waals surface area contributed by atoms with Gasteiger partial charge in [-0.3, -0.25) is 4.79 Å². The van der Waals surface area contributed by atoms with Crippen LogP contribution in [0.5, 0.6) is 0 Å². The minimum atomic E-state index is -0.799. The van der Waals surface area contributed by atoms with Gasteiger partial charge >= 0.3 is 5.97 Å². The average Bonchev–Trinajstić information content (AvgIpc) is 3.18. The van der Waals surface area contributed by atoms with E-state index < -0.39 is 5.97 Å². The van der Waals surface area contributed by atoms with Crippen molar-refractivity contribution in [3.05, 3.63) is 71.0 Å². The predicted molar refractivity (Wildman–Crippen MR) is 100.0 cm³/mol. The summed E-state index contributed by atoms with van der Waals surface area (Å²) in [6.45, 7) is 0.880. The Balaban J connectivity index is 2.02. The van der Waals surface area contributed by atoms with Crippen LogP contribution in [0.4, 0.5) is 0 Å². The maximum absolute atomic E-state index is 11.5. The molecule has 0 fully saturated rings. The fourth-order valence-corrected chi connectivity index (χ4v) is 3.95. The van der Waals surface area contributed by atoms with E-state index >= 15 is 0 Å². The molecule has 0 radical (unpaired) electrons. The van der Waals surface area contributed by atoms with E-state index in [4.69, 9.17) is 11.6 Å². The minimum absolute atomic E-state index is 0.0326. The van der Waals surface area contributed by atoms with Crippen LogP contribution in [0.25, 0.3) is 22.3 Å². The molecular formula is C21H18ClNO2. The molecule has 1 aromatic heterocycles. The number of hydrogen-bond acceptors (Lipinski definition) is 1. The molecule has 25 heavy (non-hydrogen) atoms. The molecule has 0 saturated carbocycles. The van der Waals surface area contributed by atoms with Crippen molar-refractivity contribution in [2.45, 2.75) is 25.8 Å². The zero-order chi connectivity index (χ0) is 17.4. The first-order valence-corrected chi connectivity index (χ1v) is 8.80. The lowest BCUT2D eigenvalue weighted by molar-refractivity contribution is -0.136. The highest BCUT2D eigenvalue weighted by Gasteiger charge is 2.28. The lowest BCUT2D eigenvalue weighted by Gasteiger charge is -2.10. The van der Waals surface area contributed by atoms with Crippen molar-refractivity contribution in [2.75, 3.05) is 0 Å². The highest BCUT2D eigenvalue weighted by molar-refractivity contribution is 6.30. The highest BCUT2D eigenvalue weighted by Crippen LogP contribution is 2.43. The molecule has 4 rings (SSSR count). The number of fused-ring (bicyclic) bond motifs is 1. The molecule has 0 spiro atoms. The second-order valence-electron chi connectivity index (χ2n) is 6.34. The highest BCUT2D eigenvalue weighted by atomic mass is 35.5. The number of carboxylic acid groups (broad SMARTS) is 1. The molecule has 0 aliphatic carbocycles. The van der Waals surface area contributed by atoms with Crippen LogP contribution >= 0.6 is 11.6 Å². The van der Waals surface area contributed by atoms with Gasteiger partial charge in [0.05, 0.1) is 6.42 Å². The fourth-order valence-electron chi connectivity index (χ4n) is 3.83. The van der Waals surface area contributed by atoms with Crippen LogP contribution in [0, 0.1) is 0 Å². The van der Waals surface area contributed by atoms with Crippen LogP contribution in [0.15, 0.2) is 54.6 Å². The summed E-state index contributed by atoms with van der Waals surface area (Å²) in [7, 11) is 0. The zero-order valence-corrected chi connectivity index (χ0v) is 14.5. The van der Waals surface area contributed by atoms with Crippen molar-refractivity contribution in [3.63, 3.8) is 0 Å².